The number of thiol groups is 1. The van der Waals surface area contributed by atoms with E-state index in [4.69, 9.17) is 0 Å². The molecule has 0 N–H and O–H groups in total. The van der Waals surface area contributed by atoms with E-state index in [-0.39, 0.29) is 5.24 Å². The van der Waals surface area contributed by atoms with Gasteiger partial charge < -0.3 is 4.90 Å². The summed E-state index contributed by atoms with van der Waals surface area (Å²) in [6.45, 7) is 0.791. The molecule has 0 fully saturated rings. The van der Waals surface area contributed by atoms with Crippen LogP contribution >= 0.6 is 12.6 Å². The lowest BCUT2D eigenvalue weighted by molar-refractivity contribution is 0.265. The predicted molar refractivity (Wildman–Crippen MR) is 56.5 cm³/mol. The van der Waals surface area contributed by atoms with Gasteiger partial charge in [0.1, 0.15) is 0 Å². The van der Waals surface area contributed by atoms with Crippen molar-refractivity contribution in [2.24, 2.45) is 0 Å². The SMILES string of the molecule is O=C(S)N1CCCc2ccccc21. The fourth-order valence-corrected chi connectivity index (χ4v) is 1.94. The molecule has 1 aromatic rings. The van der Waals surface area contributed by atoms with E-state index in [2.05, 4.69) is 18.7 Å². The van der Waals surface area contributed by atoms with Crippen molar-refractivity contribution in [3.63, 3.8) is 0 Å². The molecule has 1 aliphatic heterocycles. The molecule has 0 unspecified atom stereocenters. The molecule has 2 nitrogen and oxygen atoms in total. The molecular formula is C10H11NOS. The van der Waals surface area contributed by atoms with Gasteiger partial charge in [0.2, 0.25) is 0 Å². The third-order valence-corrected chi connectivity index (χ3v) is 2.58. The van der Waals surface area contributed by atoms with E-state index in [1.165, 1.54) is 5.56 Å². The van der Waals surface area contributed by atoms with Crippen LogP contribution in [-0.2, 0) is 6.42 Å². The first-order valence-electron chi connectivity index (χ1n) is 4.37. The molecule has 0 spiro atoms. The van der Waals surface area contributed by atoms with Crippen LogP contribution in [0.25, 0.3) is 0 Å². The summed E-state index contributed by atoms with van der Waals surface area (Å²) >= 11 is 3.85. The van der Waals surface area contributed by atoms with Gasteiger partial charge in [0.25, 0.3) is 5.24 Å². The second-order valence-electron chi connectivity index (χ2n) is 3.17. The van der Waals surface area contributed by atoms with Crippen molar-refractivity contribution in [1.29, 1.82) is 0 Å². The first kappa shape index (κ1) is 8.63. The minimum absolute atomic E-state index is 0.160. The van der Waals surface area contributed by atoms with Gasteiger partial charge in [0, 0.05) is 12.2 Å². The fourth-order valence-electron chi connectivity index (χ4n) is 1.73. The maximum atomic E-state index is 11.2. The molecule has 68 valence electrons. The zero-order valence-electron chi connectivity index (χ0n) is 7.23. The van der Waals surface area contributed by atoms with Crippen LogP contribution in [0.3, 0.4) is 0 Å². The molecule has 1 amide bonds. The highest BCUT2D eigenvalue weighted by atomic mass is 32.1. The van der Waals surface area contributed by atoms with Crippen LogP contribution in [-0.4, -0.2) is 11.8 Å². The highest BCUT2D eigenvalue weighted by Crippen LogP contribution is 2.27. The van der Waals surface area contributed by atoms with Crippen LogP contribution in [0.2, 0.25) is 0 Å². The number of rotatable bonds is 0. The van der Waals surface area contributed by atoms with E-state index < -0.39 is 0 Å². The van der Waals surface area contributed by atoms with Crippen molar-refractivity contribution in [1.82, 2.24) is 0 Å². The number of carbonyl (C=O) groups excluding carboxylic acids is 1. The van der Waals surface area contributed by atoms with Crippen LogP contribution in [0, 0.1) is 0 Å². The van der Waals surface area contributed by atoms with E-state index in [1.54, 1.807) is 4.90 Å². The Kier molecular flexibility index (Phi) is 2.27. The molecule has 0 saturated carbocycles. The van der Waals surface area contributed by atoms with Crippen molar-refractivity contribution in [3.05, 3.63) is 29.8 Å². The third-order valence-electron chi connectivity index (χ3n) is 2.34. The molecule has 13 heavy (non-hydrogen) atoms. The molecule has 2 rings (SSSR count). The van der Waals surface area contributed by atoms with Crippen molar-refractivity contribution >= 4 is 23.6 Å². The van der Waals surface area contributed by atoms with Gasteiger partial charge in [0.05, 0.1) is 0 Å². The van der Waals surface area contributed by atoms with Crippen molar-refractivity contribution in [2.75, 3.05) is 11.4 Å². The summed E-state index contributed by atoms with van der Waals surface area (Å²) in [4.78, 5) is 12.9. The van der Waals surface area contributed by atoms with Crippen LogP contribution in [0.5, 0.6) is 0 Å². The first-order valence-corrected chi connectivity index (χ1v) is 4.82. The Balaban J connectivity index is 2.42. The van der Waals surface area contributed by atoms with Gasteiger partial charge in [-0.15, -0.1) is 0 Å². The third kappa shape index (κ3) is 1.56. The van der Waals surface area contributed by atoms with E-state index in [9.17, 15) is 4.79 Å². The minimum atomic E-state index is -0.160. The van der Waals surface area contributed by atoms with E-state index in [0.29, 0.717) is 0 Å². The molecule has 0 aliphatic carbocycles. The van der Waals surface area contributed by atoms with Gasteiger partial charge in [-0.3, -0.25) is 4.79 Å². The molecule has 1 aromatic carbocycles. The monoisotopic (exact) mass is 193 g/mol. The van der Waals surface area contributed by atoms with Gasteiger partial charge in [-0.05, 0) is 24.5 Å². The average molecular weight is 193 g/mol. The molecule has 3 heteroatoms. The number of nitrogens with zero attached hydrogens (tertiary/aromatic N) is 1. The topological polar surface area (TPSA) is 20.3 Å². The number of hydrogen-bond donors (Lipinski definition) is 1. The largest absolute Gasteiger partial charge is 0.303 e. The quantitative estimate of drug-likeness (QED) is 0.628. The highest BCUT2D eigenvalue weighted by Gasteiger charge is 2.19. The average Bonchev–Trinajstić information content (AvgIpc) is 2.17. The summed E-state index contributed by atoms with van der Waals surface area (Å²) in [6.07, 6.45) is 2.09. The molecule has 0 radical (unpaired) electrons. The zero-order valence-corrected chi connectivity index (χ0v) is 8.13. The lowest BCUT2D eigenvalue weighted by Gasteiger charge is -2.27. The van der Waals surface area contributed by atoms with Gasteiger partial charge >= 0.3 is 0 Å². The number of aryl methyl sites for hydroxylation is 1. The zero-order chi connectivity index (χ0) is 9.26. The van der Waals surface area contributed by atoms with E-state index in [1.807, 2.05) is 18.2 Å². The first-order chi connectivity index (χ1) is 6.29. The van der Waals surface area contributed by atoms with Gasteiger partial charge in [-0.2, -0.15) is 0 Å². The maximum absolute atomic E-state index is 11.2. The number of fused-ring (bicyclic) bond motifs is 1. The molecule has 0 aromatic heterocycles. The highest BCUT2D eigenvalue weighted by molar-refractivity contribution is 7.96. The van der Waals surface area contributed by atoms with Gasteiger partial charge in [-0.25, -0.2) is 0 Å². The van der Waals surface area contributed by atoms with Crippen LogP contribution in [0.15, 0.2) is 24.3 Å². The van der Waals surface area contributed by atoms with Crippen LogP contribution < -0.4 is 4.90 Å². The molecule has 0 saturated heterocycles. The van der Waals surface area contributed by atoms with Crippen molar-refractivity contribution in [2.45, 2.75) is 12.8 Å². The predicted octanol–water partition coefficient (Wildman–Crippen LogP) is 2.49. The normalized spacial score (nSPS) is 15.3. The fraction of sp³-hybridized carbons (Fsp3) is 0.300. The van der Waals surface area contributed by atoms with Gasteiger partial charge in [0.15, 0.2) is 0 Å². The molecular weight excluding hydrogens is 182 g/mol. The lowest BCUT2D eigenvalue weighted by atomic mass is 10.0. The summed E-state index contributed by atoms with van der Waals surface area (Å²) in [6, 6.07) is 8.00. The molecule has 1 heterocycles. The molecule has 0 atom stereocenters. The second-order valence-corrected chi connectivity index (χ2v) is 3.55. The van der Waals surface area contributed by atoms with E-state index in [0.717, 1.165) is 25.1 Å². The number of anilines is 1. The molecule has 1 aliphatic rings. The van der Waals surface area contributed by atoms with Gasteiger partial charge in [-0.1, -0.05) is 30.8 Å². The number of benzene rings is 1. The Bertz CT molecular complexity index is 337. The number of hydrogen-bond acceptors (Lipinski definition) is 1. The van der Waals surface area contributed by atoms with Crippen molar-refractivity contribution < 1.29 is 4.79 Å². The summed E-state index contributed by atoms with van der Waals surface area (Å²) < 4.78 is 0. The Morgan fingerprint density at radius 2 is 2.15 bits per heavy atom. The van der Waals surface area contributed by atoms with Crippen LogP contribution in [0.1, 0.15) is 12.0 Å². The standard InChI is InChI=1S/C10H11NOS/c12-10(13)11-7-3-5-8-4-1-2-6-9(8)11/h1-2,4,6H,3,5,7H2,(H,12,13). The smallest absolute Gasteiger partial charge is 0.282 e. The summed E-state index contributed by atoms with van der Waals surface area (Å²) in [5, 5.41) is -0.160. The van der Waals surface area contributed by atoms with E-state index >= 15 is 0 Å². The Labute approximate surface area is 83.0 Å². The maximum Gasteiger partial charge on any atom is 0.282 e. The Morgan fingerprint density at radius 1 is 1.38 bits per heavy atom. The number of amides is 1. The lowest BCUT2D eigenvalue weighted by Crippen LogP contribution is -2.31. The Morgan fingerprint density at radius 3 is 2.92 bits per heavy atom. The Hall–Kier alpha value is -0.960. The summed E-state index contributed by atoms with van der Waals surface area (Å²) in [5.74, 6) is 0. The molecule has 0 bridgehead atoms. The van der Waals surface area contributed by atoms with Crippen LogP contribution in [0.4, 0.5) is 10.5 Å². The second kappa shape index (κ2) is 3.42. The number of carbonyl (C=O) groups is 1. The summed E-state index contributed by atoms with van der Waals surface area (Å²) in [5.41, 5.74) is 2.27. The minimum Gasteiger partial charge on any atom is -0.303 e. The number of para-hydroxylation sites is 1. The van der Waals surface area contributed by atoms with Crippen molar-refractivity contribution in [3.8, 4) is 0 Å². The summed E-state index contributed by atoms with van der Waals surface area (Å²) in [7, 11) is 0.